The van der Waals surface area contributed by atoms with Crippen LogP contribution in [0.2, 0.25) is 0 Å². The molecular weight excluding hydrogens is 407 g/mol. The molecule has 29 heavy (non-hydrogen) atoms. The average Bonchev–Trinajstić information content (AvgIpc) is 2.69. The van der Waals surface area contributed by atoms with Gasteiger partial charge in [-0.15, -0.1) is 13.2 Å². The summed E-state index contributed by atoms with van der Waals surface area (Å²) < 4.78 is 67.3. The smallest absolute Gasteiger partial charge is 0.406 e. The van der Waals surface area contributed by atoms with E-state index in [0.29, 0.717) is 38.3 Å². The zero-order valence-corrected chi connectivity index (χ0v) is 16.1. The Bertz CT molecular complexity index is 977. The van der Waals surface area contributed by atoms with Crippen LogP contribution in [0, 0.1) is 11.3 Å². The van der Waals surface area contributed by atoms with Crippen molar-refractivity contribution in [2.24, 2.45) is 0 Å². The number of ether oxygens (including phenoxy) is 1. The lowest BCUT2D eigenvalue weighted by Gasteiger charge is -2.34. The van der Waals surface area contributed by atoms with E-state index >= 15 is 0 Å². The quantitative estimate of drug-likeness (QED) is 0.737. The average molecular weight is 425 g/mol. The van der Waals surface area contributed by atoms with Crippen molar-refractivity contribution in [3.8, 4) is 11.8 Å². The third-order valence-electron chi connectivity index (χ3n) is 4.52. The highest BCUT2D eigenvalue weighted by atomic mass is 32.2. The number of piperazine rings is 1. The van der Waals surface area contributed by atoms with Gasteiger partial charge in [0, 0.05) is 32.7 Å². The zero-order chi connectivity index (χ0) is 21.1. The minimum absolute atomic E-state index is 0.144. The summed E-state index contributed by atoms with van der Waals surface area (Å²) >= 11 is 0. The van der Waals surface area contributed by atoms with Crippen LogP contribution in [0.4, 0.5) is 13.2 Å². The van der Waals surface area contributed by atoms with E-state index < -0.39 is 16.4 Å². The van der Waals surface area contributed by atoms with Crippen molar-refractivity contribution in [3.05, 3.63) is 59.7 Å². The van der Waals surface area contributed by atoms with Crippen LogP contribution in [0.1, 0.15) is 11.1 Å². The van der Waals surface area contributed by atoms with Gasteiger partial charge in [-0.25, -0.2) is 8.42 Å². The van der Waals surface area contributed by atoms with E-state index in [1.54, 1.807) is 12.1 Å². The Morgan fingerprint density at radius 2 is 1.55 bits per heavy atom. The minimum Gasteiger partial charge on any atom is -0.406 e. The molecule has 6 nitrogen and oxygen atoms in total. The second kappa shape index (κ2) is 8.41. The maximum absolute atomic E-state index is 12.7. The van der Waals surface area contributed by atoms with E-state index in [1.165, 1.54) is 40.7 Å². The molecule has 1 saturated heterocycles. The van der Waals surface area contributed by atoms with Crippen LogP contribution in [-0.2, 0) is 16.6 Å². The number of halogens is 3. The van der Waals surface area contributed by atoms with Crippen LogP contribution in [0.15, 0.2) is 53.4 Å². The summed E-state index contributed by atoms with van der Waals surface area (Å²) in [6, 6.07) is 13.4. The molecule has 1 heterocycles. The van der Waals surface area contributed by atoms with Crippen molar-refractivity contribution >= 4 is 10.0 Å². The first kappa shape index (κ1) is 21.1. The van der Waals surface area contributed by atoms with Gasteiger partial charge in [-0.3, -0.25) is 4.90 Å². The van der Waals surface area contributed by atoms with Crippen molar-refractivity contribution in [2.75, 3.05) is 26.2 Å². The molecule has 154 valence electrons. The van der Waals surface area contributed by atoms with Gasteiger partial charge >= 0.3 is 6.36 Å². The Balaban J connectivity index is 1.56. The second-order valence-electron chi connectivity index (χ2n) is 6.51. The molecule has 0 unspecified atom stereocenters. The van der Waals surface area contributed by atoms with Crippen molar-refractivity contribution in [1.82, 2.24) is 9.21 Å². The van der Waals surface area contributed by atoms with Crippen LogP contribution in [0.5, 0.6) is 5.75 Å². The van der Waals surface area contributed by atoms with Crippen molar-refractivity contribution in [2.45, 2.75) is 17.8 Å². The molecule has 0 saturated carbocycles. The predicted octanol–water partition coefficient (Wildman–Crippen LogP) is 2.96. The van der Waals surface area contributed by atoms with Crippen molar-refractivity contribution < 1.29 is 26.3 Å². The number of nitrogens with zero attached hydrogens (tertiary/aromatic N) is 3. The fourth-order valence-corrected chi connectivity index (χ4v) is 4.46. The van der Waals surface area contributed by atoms with Crippen molar-refractivity contribution in [3.63, 3.8) is 0 Å². The minimum atomic E-state index is -4.72. The van der Waals surface area contributed by atoms with Gasteiger partial charge in [0.2, 0.25) is 10.0 Å². The van der Waals surface area contributed by atoms with Crippen LogP contribution in [-0.4, -0.2) is 50.2 Å². The molecule has 10 heteroatoms. The first-order valence-corrected chi connectivity index (χ1v) is 10.2. The summed E-state index contributed by atoms with van der Waals surface area (Å²) in [4.78, 5) is 2.18. The summed E-state index contributed by atoms with van der Waals surface area (Å²) in [5.74, 6) is -0.278. The van der Waals surface area contributed by atoms with Crippen molar-refractivity contribution in [1.29, 1.82) is 5.26 Å². The lowest BCUT2D eigenvalue weighted by molar-refractivity contribution is -0.274. The molecule has 2 aromatic carbocycles. The summed E-state index contributed by atoms with van der Waals surface area (Å²) in [5, 5.41) is 8.82. The molecule has 0 aromatic heterocycles. The Kier molecular flexibility index (Phi) is 6.12. The summed E-state index contributed by atoms with van der Waals surface area (Å²) in [5.41, 5.74) is 1.20. The fraction of sp³-hybridized carbons (Fsp3) is 0.316. The summed E-state index contributed by atoms with van der Waals surface area (Å²) in [7, 11) is -3.63. The van der Waals surface area contributed by atoms with Crippen LogP contribution in [0.3, 0.4) is 0 Å². The van der Waals surface area contributed by atoms with Gasteiger partial charge in [0.25, 0.3) is 0 Å². The van der Waals surface area contributed by atoms with E-state index in [9.17, 15) is 21.6 Å². The largest absolute Gasteiger partial charge is 0.573 e. The lowest BCUT2D eigenvalue weighted by atomic mass is 10.2. The zero-order valence-electron chi connectivity index (χ0n) is 15.3. The molecule has 1 fully saturated rings. The topological polar surface area (TPSA) is 73.6 Å². The number of benzene rings is 2. The highest BCUT2D eigenvalue weighted by Gasteiger charge is 2.31. The third-order valence-corrected chi connectivity index (χ3v) is 6.43. The van der Waals surface area contributed by atoms with E-state index in [1.807, 2.05) is 11.0 Å². The van der Waals surface area contributed by atoms with E-state index in [-0.39, 0.29) is 10.6 Å². The first-order valence-electron chi connectivity index (χ1n) is 8.75. The Morgan fingerprint density at radius 3 is 2.07 bits per heavy atom. The van der Waals surface area contributed by atoms with E-state index in [4.69, 9.17) is 5.26 Å². The number of sulfonamides is 1. The van der Waals surface area contributed by atoms with Crippen LogP contribution in [0.25, 0.3) is 0 Å². The van der Waals surface area contributed by atoms with Gasteiger partial charge in [0.05, 0.1) is 16.5 Å². The number of rotatable bonds is 5. The third kappa shape index (κ3) is 5.47. The maximum Gasteiger partial charge on any atom is 0.573 e. The molecule has 3 rings (SSSR count). The molecule has 0 amide bonds. The van der Waals surface area contributed by atoms with Crippen LogP contribution >= 0.6 is 0 Å². The van der Waals surface area contributed by atoms with Crippen LogP contribution < -0.4 is 4.74 Å². The fourth-order valence-electron chi connectivity index (χ4n) is 3.03. The number of nitriles is 1. The van der Waals surface area contributed by atoms with Gasteiger partial charge in [-0.05, 0) is 42.0 Å². The molecule has 0 N–H and O–H groups in total. The molecule has 0 aliphatic carbocycles. The monoisotopic (exact) mass is 425 g/mol. The molecule has 1 aliphatic rings. The van der Waals surface area contributed by atoms with Gasteiger partial charge in [0.1, 0.15) is 5.75 Å². The predicted molar refractivity (Wildman–Crippen MR) is 98.3 cm³/mol. The van der Waals surface area contributed by atoms with Gasteiger partial charge in [0.15, 0.2) is 0 Å². The molecule has 0 spiro atoms. The molecule has 2 aromatic rings. The highest BCUT2D eigenvalue weighted by Crippen LogP contribution is 2.24. The normalized spacial score (nSPS) is 16.3. The first-order chi connectivity index (χ1) is 13.7. The lowest BCUT2D eigenvalue weighted by Crippen LogP contribution is -2.48. The summed E-state index contributed by atoms with van der Waals surface area (Å²) in [6.07, 6.45) is -4.72. The van der Waals surface area contributed by atoms with E-state index in [0.717, 1.165) is 5.56 Å². The molecule has 1 aliphatic heterocycles. The summed E-state index contributed by atoms with van der Waals surface area (Å²) in [6.45, 7) is 2.10. The Labute approximate surface area is 166 Å². The molecule has 0 bridgehead atoms. The second-order valence-corrected chi connectivity index (χ2v) is 8.45. The maximum atomic E-state index is 12.7. The number of hydrogen-bond donors (Lipinski definition) is 0. The number of alkyl halides is 3. The number of hydrogen-bond acceptors (Lipinski definition) is 5. The Hall–Kier alpha value is -2.61. The molecule has 0 radical (unpaired) electrons. The molecular formula is C19H18F3N3O3S. The standard InChI is InChI=1S/C19H18F3N3O3S/c20-19(21,22)28-17-5-1-16(2-6-17)14-24-9-11-25(12-10-24)29(26,27)18-7-3-15(13-23)4-8-18/h1-8H,9-12,14H2. The van der Waals surface area contributed by atoms with Gasteiger partial charge in [-0.2, -0.15) is 9.57 Å². The highest BCUT2D eigenvalue weighted by molar-refractivity contribution is 7.89. The molecule has 0 atom stereocenters. The SMILES string of the molecule is N#Cc1ccc(S(=O)(=O)N2CCN(Cc3ccc(OC(F)(F)F)cc3)CC2)cc1. The Morgan fingerprint density at radius 1 is 0.966 bits per heavy atom. The van der Waals surface area contributed by atoms with E-state index in [2.05, 4.69) is 4.74 Å². The van der Waals surface area contributed by atoms with Gasteiger partial charge < -0.3 is 4.74 Å². The van der Waals surface area contributed by atoms with Gasteiger partial charge in [-0.1, -0.05) is 12.1 Å².